The van der Waals surface area contributed by atoms with Crippen LogP contribution in [0.25, 0.3) is 0 Å². The maximum atomic E-state index is 12.4. The number of rotatable bonds is 7. The second-order valence-corrected chi connectivity index (χ2v) is 7.73. The minimum Gasteiger partial charge on any atom is -0.465 e. The third-order valence-corrected chi connectivity index (χ3v) is 6.14. The first-order chi connectivity index (χ1) is 9.44. The van der Waals surface area contributed by atoms with Crippen LogP contribution in [0.1, 0.15) is 46.0 Å². The lowest BCUT2D eigenvalue weighted by atomic mass is 9.83. The van der Waals surface area contributed by atoms with Crippen molar-refractivity contribution >= 4 is 15.8 Å². The molecule has 0 saturated heterocycles. The van der Waals surface area contributed by atoms with Gasteiger partial charge in [-0.15, -0.1) is 0 Å². The van der Waals surface area contributed by atoms with Gasteiger partial charge < -0.3 is 10.1 Å². The van der Waals surface area contributed by atoms with Gasteiger partial charge in [-0.2, -0.15) is 0 Å². The van der Waals surface area contributed by atoms with Crippen LogP contribution in [0, 0.1) is 5.92 Å². The van der Waals surface area contributed by atoms with Gasteiger partial charge in [-0.3, -0.25) is 4.79 Å². The molecule has 0 amide bonds. The van der Waals surface area contributed by atoms with Gasteiger partial charge in [-0.25, -0.2) is 8.42 Å². The lowest BCUT2D eigenvalue weighted by molar-refractivity contribution is -0.139. The molecule has 118 valence electrons. The van der Waals surface area contributed by atoms with Gasteiger partial charge in [-0.05, 0) is 39.2 Å². The lowest BCUT2D eigenvalue weighted by Crippen LogP contribution is -2.48. The molecule has 0 aromatic heterocycles. The van der Waals surface area contributed by atoms with Gasteiger partial charge >= 0.3 is 5.97 Å². The molecular formula is C14H27NO4S. The van der Waals surface area contributed by atoms with Crippen molar-refractivity contribution in [3.63, 3.8) is 0 Å². The zero-order valence-electron chi connectivity index (χ0n) is 12.7. The number of sulfone groups is 1. The summed E-state index contributed by atoms with van der Waals surface area (Å²) in [6.07, 6.45) is 4.70. The van der Waals surface area contributed by atoms with Crippen LogP contribution < -0.4 is 5.32 Å². The van der Waals surface area contributed by atoms with E-state index in [0.717, 1.165) is 25.7 Å². The molecule has 6 heteroatoms. The number of carbonyl (C=O) groups is 1. The SMILES string of the molecule is CCCC1CCC(NC)C(S(=O)(=O)CC(=O)OCC)C1. The zero-order valence-corrected chi connectivity index (χ0v) is 13.5. The summed E-state index contributed by atoms with van der Waals surface area (Å²) in [6, 6.07) is -0.0532. The van der Waals surface area contributed by atoms with Crippen molar-refractivity contribution in [1.82, 2.24) is 5.32 Å². The average Bonchev–Trinajstić information content (AvgIpc) is 2.38. The number of nitrogens with one attached hydrogen (secondary N) is 1. The van der Waals surface area contributed by atoms with Crippen LogP contribution in [-0.4, -0.2) is 45.1 Å². The van der Waals surface area contributed by atoms with Crippen LogP contribution in [0.4, 0.5) is 0 Å². The number of carbonyl (C=O) groups excluding carboxylic acids is 1. The Bertz CT molecular complexity index is 407. The van der Waals surface area contributed by atoms with E-state index in [1.165, 1.54) is 0 Å². The quantitative estimate of drug-likeness (QED) is 0.722. The Morgan fingerprint density at radius 1 is 1.30 bits per heavy atom. The van der Waals surface area contributed by atoms with Gasteiger partial charge in [0.05, 0.1) is 11.9 Å². The highest BCUT2D eigenvalue weighted by Gasteiger charge is 2.39. The Kier molecular flexibility index (Phi) is 6.95. The summed E-state index contributed by atoms with van der Waals surface area (Å²) in [5, 5.41) is 2.63. The van der Waals surface area contributed by atoms with E-state index in [0.29, 0.717) is 12.3 Å². The molecule has 0 aromatic carbocycles. The molecule has 0 radical (unpaired) electrons. The normalized spacial score (nSPS) is 27.2. The number of hydrogen-bond donors (Lipinski definition) is 1. The molecular weight excluding hydrogens is 278 g/mol. The van der Waals surface area contributed by atoms with E-state index in [4.69, 9.17) is 4.74 Å². The highest BCUT2D eigenvalue weighted by molar-refractivity contribution is 7.92. The lowest BCUT2D eigenvalue weighted by Gasteiger charge is -2.35. The van der Waals surface area contributed by atoms with E-state index in [9.17, 15) is 13.2 Å². The first kappa shape index (κ1) is 17.4. The Hall–Kier alpha value is -0.620. The highest BCUT2D eigenvalue weighted by atomic mass is 32.2. The van der Waals surface area contributed by atoms with E-state index in [2.05, 4.69) is 12.2 Å². The summed E-state index contributed by atoms with van der Waals surface area (Å²) in [7, 11) is -1.66. The number of esters is 1. The molecule has 1 fully saturated rings. The smallest absolute Gasteiger partial charge is 0.321 e. The van der Waals surface area contributed by atoms with E-state index in [1.807, 2.05) is 0 Å². The molecule has 1 saturated carbocycles. The van der Waals surface area contributed by atoms with Crippen molar-refractivity contribution in [2.45, 2.75) is 57.2 Å². The van der Waals surface area contributed by atoms with Crippen LogP contribution in [0.5, 0.6) is 0 Å². The van der Waals surface area contributed by atoms with E-state index < -0.39 is 26.8 Å². The van der Waals surface area contributed by atoms with Gasteiger partial charge in [-0.1, -0.05) is 19.8 Å². The fourth-order valence-corrected chi connectivity index (χ4v) is 5.05. The summed E-state index contributed by atoms with van der Waals surface area (Å²) in [4.78, 5) is 11.5. The van der Waals surface area contributed by atoms with Gasteiger partial charge in [0.25, 0.3) is 0 Å². The monoisotopic (exact) mass is 305 g/mol. The van der Waals surface area contributed by atoms with Gasteiger partial charge in [0.2, 0.25) is 0 Å². The van der Waals surface area contributed by atoms with Crippen molar-refractivity contribution < 1.29 is 17.9 Å². The number of hydrogen-bond acceptors (Lipinski definition) is 5. The van der Waals surface area contributed by atoms with Crippen LogP contribution in [0.15, 0.2) is 0 Å². The third kappa shape index (κ3) is 4.74. The largest absolute Gasteiger partial charge is 0.465 e. The second kappa shape index (κ2) is 7.98. The molecule has 3 unspecified atom stereocenters. The minimum absolute atomic E-state index is 0.0532. The predicted molar refractivity (Wildman–Crippen MR) is 79.3 cm³/mol. The molecule has 0 heterocycles. The van der Waals surface area contributed by atoms with Crippen molar-refractivity contribution in [2.75, 3.05) is 19.4 Å². The van der Waals surface area contributed by atoms with Gasteiger partial charge in [0, 0.05) is 6.04 Å². The summed E-state index contributed by atoms with van der Waals surface area (Å²) in [5.74, 6) is -0.686. The van der Waals surface area contributed by atoms with E-state index >= 15 is 0 Å². The van der Waals surface area contributed by atoms with Crippen LogP contribution in [0.3, 0.4) is 0 Å². The predicted octanol–water partition coefficient (Wildman–Crippen LogP) is 1.52. The molecule has 1 aliphatic rings. The van der Waals surface area contributed by atoms with Crippen molar-refractivity contribution in [3.05, 3.63) is 0 Å². The third-order valence-electron chi connectivity index (χ3n) is 4.05. The molecule has 0 aromatic rings. The van der Waals surface area contributed by atoms with Crippen molar-refractivity contribution in [3.8, 4) is 0 Å². The van der Waals surface area contributed by atoms with Gasteiger partial charge in [0.15, 0.2) is 9.84 Å². The van der Waals surface area contributed by atoms with E-state index in [-0.39, 0.29) is 12.6 Å². The van der Waals surface area contributed by atoms with Crippen LogP contribution in [0.2, 0.25) is 0 Å². The Labute approximate surface area is 122 Å². The second-order valence-electron chi connectivity index (χ2n) is 5.51. The zero-order chi connectivity index (χ0) is 15.2. The molecule has 0 spiro atoms. The van der Waals surface area contributed by atoms with Crippen molar-refractivity contribution in [2.24, 2.45) is 5.92 Å². The standard InChI is InChI=1S/C14H27NO4S/c1-4-6-11-7-8-12(15-3)13(9-11)20(17,18)10-14(16)19-5-2/h11-13,15H,4-10H2,1-3H3. The maximum Gasteiger partial charge on any atom is 0.321 e. The molecule has 3 atom stereocenters. The topological polar surface area (TPSA) is 72.5 Å². The molecule has 0 bridgehead atoms. The average molecular weight is 305 g/mol. The first-order valence-electron chi connectivity index (χ1n) is 7.49. The summed E-state index contributed by atoms with van der Waals surface area (Å²) in [6.45, 7) is 4.01. The Morgan fingerprint density at radius 3 is 2.55 bits per heavy atom. The van der Waals surface area contributed by atoms with Gasteiger partial charge in [0.1, 0.15) is 5.75 Å². The fraction of sp³-hybridized carbons (Fsp3) is 0.929. The van der Waals surface area contributed by atoms with Crippen LogP contribution >= 0.6 is 0 Å². The summed E-state index contributed by atoms with van der Waals surface area (Å²) in [5.41, 5.74) is 0. The fourth-order valence-electron chi connectivity index (χ4n) is 3.08. The molecule has 5 nitrogen and oxygen atoms in total. The number of ether oxygens (including phenoxy) is 1. The highest BCUT2D eigenvalue weighted by Crippen LogP contribution is 2.32. The molecule has 0 aliphatic heterocycles. The Balaban J connectivity index is 2.78. The first-order valence-corrected chi connectivity index (χ1v) is 9.20. The molecule has 20 heavy (non-hydrogen) atoms. The van der Waals surface area contributed by atoms with E-state index in [1.54, 1.807) is 14.0 Å². The summed E-state index contributed by atoms with van der Waals surface area (Å²) >= 11 is 0. The van der Waals surface area contributed by atoms with Crippen molar-refractivity contribution in [1.29, 1.82) is 0 Å². The van der Waals surface area contributed by atoms with Crippen LogP contribution in [-0.2, 0) is 19.4 Å². The summed E-state index contributed by atoms with van der Waals surface area (Å²) < 4.78 is 29.7. The Morgan fingerprint density at radius 2 is 2.00 bits per heavy atom. The molecule has 1 rings (SSSR count). The minimum atomic E-state index is -3.45. The molecule has 1 N–H and O–H groups in total. The maximum absolute atomic E-state index is 12.4. The molecule has 1 aliphatic carbocycles.